The minimum atomic E-state index is 0.0558. The van der Waals surface area contributed by atoms with Crippen molar-refractivity contribution in [3.05, 3.63) is 20.8 Å². The van der Waals surface area contributed by atoms with E-state index in [4.69, 9.17) is 5.73 Å². The van der Waals surface area contributed by atoms with Gasteiger partial charge in [0.2, 0.25) is 0 Å². The molecule has 1 saturated carbocycles. The molecule has 1 aliphatic carbocycles. The number of thiophene rings is 1. The Kier molecular flexibility index (Phi) is 4.64. The van der Waals surface area contributed by atoms with Gasteiger partial charge in [-0.05, 0) is 52.8 Å². The molecule has 2 rings (SSSR count). The van der Waals surface area contributed by atoms with E-state index in [-0.39, 0.29) is 5.54 Å². The van der Waals surface area contributed by atoms with Crippen LogP contribution in [0.25, 0.3) is 0 Å². The maximum Gasteiger partial charge on any atom is 0.0701 e. The molecule has 0 aliphatic heterocycles. The Hall–Kier alpha value is 0.1000. The summed E-state index contributed by atoms with van der Waals surface area (Å²) in [6.45, 7) is 2.02. The standard InChI is InChI=1S/C13H21BrN2S/c1-16(8-11-7-12(14)17-9-11)10-13(15)5-3-2-4-6-13/h7,9H,2-6,8,10,15H2,1H3. The molecule has 0 spiro atoms. The molecule has 0 saturated heterocycles. The summed E-state index contributed by atoms with van der Waals surface area (Å²) in [5.74, 6) is 0. The van der Waals surface area contributed by atoms with E-state index in [1.807, 2.05) is 0 Å². The molecule has 1 aromatic heterocycles. The molecule has 0 radical (unpaired) electrons. The number of likely N-dealkylation sites (N-methyl/N-ethyl adjacent to an activating group) is 1. The van der Waals surface area contributed by atoms with Crippen LogP contribution in [-0.4, -0.2) is 24.0 Å². The van der Waals surface area contributed by atoms with Crippen LogP contribution >= 0.6 is 27.3 Å². The number of rotatable bonds is 4. The van der Waals surface area contributed by atoms with Crippen molar-refractivity contribution in [2.24, 2.45) is 5.73 Å². The molecule has 0 atom stereocenters. The average Bonchev–Trinajstić information content (AvgIpc) is 2.63. The van der Waals surface area contributed by atoms with Gasteiger partial charge in [0.25, 0.3) is 0 Å². The first-order valence-corrected chi connectivity index (χ1v) is 7.95. The number of hydrogen-bond acceptors (Lipinski definition) is 3. The minimum absolute atomic E-state index is 0.0558. The van der Waals surface area contributed by atoms with Crippen LogP contribution in [-0.2, 0) is 6.54 Å². The smallest absolute Gasteiger partial charge is 0.0701 e. The minimum Gasteiger partial charge on any atom is -0.324 e. The van der Waals surface area contributed by atoms with Crippen LogP contribution in [0.3, 0.4) is 0 Å². The van der Waals surface area contributed by atoms with Gasteiger partial charge in [0, 0.05) is 18.6 Å². The normalized spacial score (nSPS) is 19.8. The highest BCUT2D eigenvalue weighted by molar-refractivity contribution is 9.11. The fourth-order valence-corrected chi connectivity index (χ4v) is 3.95. The highest BCUT2D eigenvalue weighted by atomic mass is 79.9. The molecule has 2 nitrogen and oxygen atoms in total. The van der Waals surface area contributed by atoms with Gasteiger partial charge in [0.15, 0.2) is 0 Å². The molecule has 0 amide bonds. The van der Waals surface area contributed by atoms with Gasteiger partial charge in [-0.3, -0.25) is 0 Å². The third kappa shape index (κ3) is 4.05. The zero-order valence-electron chi connectivity index (χ0n) is 10.4. The van der Waals surface area contributed by atoms with E-state index in [1.54, 1.807) is 11.3 Å². The van der Waals surface area contributed by atoms with Crippen LogP contribution in [0.15, 0.2) is 15.2 Å². The molecule has 1 aliphatic rings. The molecular weight excluding hydrogens is 296 g/mol. The Bertz CT molecular complexity index is 358. The summed E-state index contributed by atoms with van der Waals surface area (Å²) >= 11 is 5.26. The lowest BCUT2D eigenvalue weighted by Crippen LogP contribution is -2.50. The first kappa shape index (κ1) is 13.5. The Morgan fingerprint density at radius 2 is 2.12 bits per heavy atom. The van der Waals surface area contributed by atoms with Gasteiger partial charge in [-0.1, -0.05) is 19.3 Å². The molecule has 17 heavy (non-hydrogen) atoms. The topological polar surface area (TPSA) is 29.3 Å². The van der Waals surface area contributed by atoms with E-state index in [0.29, 0.717) is 0 Å². The van der Waals surface area contributed by atoms with E-state index in [1.165, 1.54) is 41.5 Å². The first-order valence-electron chi connectivity index (χ1n) is 6.28. The molecule has 0 bridgehead atoms. The van der Waals surface area contributed by atoms with Crippen LogP contribution in [0.1, 0.15) is 37.7 Å². The van der Waals surface area contributed by atoms with Gasteiger partial charge in [-0.15, -0.1) is 11.3 Å². The molecule has 1 fully saturated rings. The monoisotopic (exact) mass is 316 g/mol. The molecule has 4 heteroatoms. The second-order valence-electron chi connectivity index (χ2n) is 5.35. The van der Waals surface area contributed by atoms with Crippen LogP contribution in [0.4, 0.5) is 0 Å². The summed E-state index contributed by atoms with van der Waals surface area (Å²) in [4.78, 5) is 2.36. The summed E-state index contributed by atoms with van der Waals surface area (Å²) < 4.78 is 1.21. The van der Waals surface area contributed by atoms with Gasteiger partial charge in [0.05, 0.1) is 3.79 Å². The SMILES string of the molecule is CN(Cc1csc(Br)c1)CC1(N)CCCCC1. The Morgan fingerprint density at radius 3 is 2.71 bits per heavy atom. The first-order chi connectivity index (χ1) is 8.07. The Balaban J connectivity index is 1.85. The lowest BCUT2D eigenvalue weighted by molar-refractivity contribution is 0.193. The number of nitrogens with zero attached hydrogens (tertiary/aromatic N) is 1. The average molecular weight is 317 g/mol. The number of hydrogen-bond donors (Lipinski definition) is 1. The van der Waals surface area contributed by atoms with E-state index >= 15 is 0 Å². The lowest BCUT2D eigenvalue weighted by atomic mass is 9.82. The highest BCUT2D eigenvalue weighted by Crippen LogP contribution is 2.27. The largest absolute Gasteiger partial charge is 0.324 e. The molecule has 0 unspecified atom stereocenters. The van der Waals surface area contributed by atoms with Crippen molar-refractivity contribution in [2.75, 3.05) is 13.6 Å². The van der Waals surface area contributed by atoms with Gasteiger partial charge in [-0.25, -0.2) is 0 Å². The molecule has 2 N–H and O–H groups in total. The summed E-state index contributed by atoms with van der Waals surface area (Å²) in [7, 11) is 2.18. The summed E-state index contributed by atoms with van der Waals surface area (Å²) in [6, 6.07) is 2.20. The zero-order valence-corrected chi connectivity index (χ0v) is 12.8. The van der Waals surface area contributed by atoms with E-state index in [0.717, 1.165) is 13.1 Å². The molecule has 0 aromatic carbocycles. The predicted octanol–water partition coefficient (Wildman–Crippen LogP) is 3.60. The third-order valence-electron chi connectivity index (χ3n) is 3.51. The maximum absolute atomic E-state index is 6.47. The van der Waals surface area contributed by atoms with E-state index in [9.17, 15) is 0 Å². The third-order valence-corrected chi connectivity index (χ3v) is 5.06. The van der Waals surface area contributed by atoms with Crippen molar-refractivity contribution in [1.82, 2.24) is 4.90 Å². The molecule has 1 aromatic rings. The zero-order chi connectivity index (χ0) is 12.3. The van der Waals surface area contributed by atoms with Crippen molar-refractivity contribution < 1.29 is 0 Å². The highest BCUT2D eigenvalue weighted by Gasteiger charge is 2.28. The maximum atomic E-state index is 6.47. The predicted molar refractivity (Wildman–Crippen MR) is 78.4 cm³/mol. The quantitative estimate of drug-likeness (QED) is 0.919. The lowest BCUT2D eigenvalue weighted by Gasteiger charge is -2.36. The molecule has 1 heterocycles. The van der Waals surface area contributed by atoms with Crippen LogP contribution < -0.4 is 5.73 Å². The Labute approximate surface area is 116 Å². The fraction of sp³-hybridized carbons (Fsp3) is 0.692. The van der Waals surface area contributed by atoms with Crippen LogP contribution in [0, 0.1) is 0 Å². The second kappa shape index (κ2) is 5.83. The molecular formula is C13H21BrN2S. The number of halogens is 1. The van der Waals surface area contributed by atoms with Gasteiger partial charge in [0.1, 0.15) is 0 Å². The number of nitrogens with two attached hydrogens (primary N) is 1. The van der Waals surface area contributed by atoms with Gasteiger partial charge in [-0.2, -0.15) is 0 Å². The van der Waals surface area contributed by atoms with Crippen molar-refractivity contribution in [3.8, 4) is 0 Å². The van der Waals surface area contributed by atoms with E-state index < -0.39 is 0 Å². The second-order valence-corrected chi connectivity index (χ2v) is 7.64. The fourth-order valence-electron chi connectivity index (χ4n) is 2.75. The van der Waals surface area contributed by atoms with Gasteiger partial charge >= 0.3 is 0 Å². The summed E-state index contributed by atoms with van der Waals surface area (Å²) in [6.07, 6.45) is 6.33. The summed E-state index contributed by atoms with van der Waals surface area (Å²) in [5, 5.41) is 2.21. The van der Waals surface area contributed by atoms with Crippen molar-refractivity contribution in [2.45, 2.75) is 44.2 Å². The molecule has 96 valence electrons. The van der Waals surface area contributed by atoms with Crippen molar-refractivity contribution in [1.29, 1.82) is 0 Å². The van der Waals surface area contributed by atoms with Crippen LogP contribution in [0.5, 0.6) is 0 Å². The van der Waals surface area contributed by atoms with Gasteiger partial charge < -0.3 is 10.6 Å². The Morgan fingerprint density at radius 1 is 1.41 bits per heavy atom. The van der Waals surface area contributed by atoms with Crippen molar-refractivity contribution in [3.63, 3.8) is 0 Å². The van der Waals surface area contributed by atoms with Crippen molar-refractivity contribution >= 4 is 27.3 Å². The van der Waals surface area contributed by atoms with Crippen LogP contribution in [0.2, 0.25) is 0 Å². The van der Waals surface area contributed by atoms with E-state index in [2.05, 4.69) is 39.3 Å². The summed E-state index contributed by atoms with van der Waals surface area (Å²) in [5.41, 5.74) is 7.90.